The highest BCUT2D eigenvalue weighted by molar-refractivity contribution is 5.74. The van der Waals surface area contributed by atoms with Gasteiger partial charge in [0, 0.05) is 23.9 Å². The third kappa shape index (κ3) is 10.1. The van der Waals surface area contributed by atoms with Gasteiger partial charge in [0.25, 0.3) is 0 Å². The molecule has 0 aromatic heterocycles. The number of nitrogens with one attached hydrogen (secondary N) is 4. The Morgan fingerprint density at radius 2 is 1.21 bits per heavy atom. The van der Waals surface area contributed by atoms with E-state index in [4.69, 9.17) is 27.0 Å². The van der Waals surface area contributed by atoms with Crippen molar-refractivity contribution in [1.29, 1.82) is 10.8 Å². The van der Waals surface area contributed by atoms with E-state index in [9.17, 15) is 0 Å². The lowest BCUT2D eigenvalue weighted by molar-refractivity contribution is 0.0183. The third-order valence-corrected chi connectivity index (χ3v) is 2.50. The van der Waals surface area contributed by atoms with Crippen molar-refractivity contribution < 1.29 is 4.74 Å². The van der Waals surface area contributed by atoms with Gasteiger partial charge in [0.05, 0.1) is 13.2 Å². The summed E-state index contributed by atoms with van der Waals surface area (Å²) >= 11 is 0. The third-order valence-electron chi connectivity index (χ3n) is 2.50. The molecule has 0 aliphatic heterocycles. The van der Waals surface area contributed by atoms with Crippen LogP contribution in [0.5, 0.6) is 0 Å². The Bertz CT molecular complexity index is 283. The molecule has 0 unspecified atom stereocenters. The topological polar surface area (TPSA) is 133 Å². The van der Waals surface area contributed by atoms with Crippen LogP contribution in [-0.4, -0.2) is 38.2 Å². The Labute approximate surface area is 115 Å². The van der Waals surface area contributed by atoms with Gasteiger partial charge in [0.1, 0.15) is 0 Å². The number of hydrogen-bond donors (Lipinski definition) is 6. The van der Waals surface area contributed by atoms with E-state index < -0.39 is 0 Å². The van der Waals surface area contributed by atoms with Crippen molar-refractivity contribution in [2.45, 2.75) is 27.7 Å². The maximum atomic E-state index is 7.13. The molecule has 112 valence electrons. The van der Waals surface area contributed by atoms with Crippen LogP contribution in [0, 0.1) is 21.6 Å². The van der Waals surface area contributed by atoms with Crippen LogP contribution in [0.3, 0.4) is 0 Å². The minimum absolute atomic E-state index is 0.0286. The average molecular weight is 272 g/mol. The minimum Gasteiger partial charge on any atom is -0.380 e. The van der Waals surface area contributed by atoms with E-state index in [1.165, 1.54) is 0 Å². The highest BCUT2D eigenvalue weighted by Crippen LogP contribution is 2.18. The molecule has 0 heterocycles. The molecule has 0 radical (unpaired) electrons. The smallest absolute Gasteiger partial charge is 0.185 e. The first kappa shape index (κ1) is 17.5. The first-order valence-electron chi connectivity index (χ1n) is 6.28. The van der Waals surface area contributed by atoms with Crippen molar-refractivity contribution in [3.63, 3.8) is 0 Å². The predicted octanol–water partition coefficient (Wildman–Crippen LogP) is 0.0215. The molecular weight excluding hydrogens is 244 g/mol. The maximum Gasteiger partial charge on any atom is 0.185 e. The molecule has 0 bridgehead atoms. The van der Waals surface area contributed by atoms with Crippen LogP contribution in [0.2, 0.25) is 0 Å². The van der Waals surface area contributed by atoms with E-state index in [1.54, 1.807) is 0 Å². The second-order valence-corrected chi connectivity index (χ2v) is 6.36. The first-order valence-corrected chi connectivity index (χ1v) is 6.28. The standard InChI is InChI=1S/C12H28N6O/c1-11(2,5-17-9(13)14)7-19-8-12(3,4)6-18-10(15)16/h5-8H2,1-4H3,(H4,13,14,17)(H4,15,16,18). The number of nitrogens with two attached hydrogens (primary N) is 2. The van der Waals surface area contributed by atoms with Crippen molar-refractivity contribution in [1.82, 2.24) is 10.6 Å². The fourth-order valence-electron chi connectivity index (χ4n) is 1.37. The molecule has 7 nitrogen and oxygen atoms in total. The van der Waals surface area contributed by atoms with E-state index in [0.29, 0.717) is 26.3 Å². The Hall–Kier alpha value is -1.50. The summed E-state index contributed by atoms with van der Waals surface area (Å²) in [6.07, 6.45) is 0. The number of guanidine groups is 2. The van der Waals surface area contributed by atoms with Gasteiger partial charge in [-0.25, -0.2) is 0 Å². The average Bonchev–Trinajstić information content (AvgIpc) is 2.23. The van der Waals surface area contributed by atoms with Gasteiger partial charge in [-0.3, -0.25) is 10.8 Å². The molecule has 8 N–H and O–H groups in total. The molecule has 0 aromatic carbocycles. The van der Waals surface area contributed by atoms with Crippen LogP contribution in [0.4, 0.5) is 0 Å². The Morgan fingerprint density at radius 3 is 1.47 bits per heavy atom. The molecular formula is C12H28N6O. The summed E-state index contributed by atoms with van der Waals surface area (Å²) < 4.78 is 5.73. The van der Waals surface area contributed by atoms with E-state index >= 15 is 0 Å². The largest absolute Gasteiger partial charge is 0.380 e. The Kier molecular flexibility index (Phi) is 6.61. The van der Waals surface area contributed by atoms with Crippen LogP contribution >= 0.6 is 0 Å². The summed E-state index contributed by atoms with van der Waals surface area (Å²) in [7, 11) is 0. The van der Waals surface area contributed by atoms with Crippen molar-refractivity contribution in [2.75, 3.05) is 26.3 Å². The van der Waals surface area contributed by atoms with Crippen LogP contribution in [0.25, 0.3) is 0 Å². The van der Waals surface area contributed by atoms with Crippen LogP contribution in [0.1, 0.15) is 27.7 Å². The Balaban J connectivity index is 3.98. The molecule has 0 rings (SSSR count). The van der Waals surface area contributed by atoms with Gasteiger partial charge in [-0.05, 0) is 0 Å². The summed E-state index contributed by atoms with van der Waals surface area (Å²) in [5.41, 5.74) is 10.3. The molecule has 0 spiro atoms. The molecule has 0 fully saturated rings. The van der Waals surface area contributed by atoms with Crippen LogP contribution in [-0.2, 0) is 4.74 Å². The lowest BCUT2D eigenvalue weighted by Gasteiger charge is -2.29. The van der Waals surface area contributed by atoms with Crippen molar-refractivity contribution in [3.05, 3.63) is 0 Å². The van der Waals surface area contributed by atoms with Crippen LogP contribution < -0.4 is 22.1 Å². The molecule has 19 heavy (non-hydrogen) atoms. The molecule has 0 saturated heterocycles. The zero-order chi connectivity index (χ0) is 15.1. The Morgan fingerprint density at radius 1 is 0.895 bits per heavy atom. The fraction of sp³-hybridized carbons (Fsp3) is 0.833. The SMILES string of the molecule is CC(C)(CNC(=N)N)COCC(C)(C)CNC(=N)N. The predicted molar refractivity (Wildman–Crippen MR) is 78.2 cm³/mol. The lowest BCUT2D eigenvalue weighted by Crippen LogP contribution is -2.42. The first-order chi connectivity index (χ1) is 8.54. The van der Waals surface area contributed by atoms with Gasteiger partial charge in [-0.2, -0.15) is 0 Å². The van der Waals surface area contributed by atoms with E-state index in [-0.39, 0.29) is 22.7 Å². The highest BCUT2D eigenvalue weighted by Gasteiger charge is 2.22. The van der Waals surface area contributed by atoms with Gasteiger partial charge >= 0.3 is 0 Å². The fourth-order valence-corrected chi connectivity index (χ4v) is 1.37. The van der Waals surface area contributed by atoms with E-state index in [1.807, 2.05) is 27.7 Å². The van der Waals surface area contributed by atoms with Gasteiger partial charge in [-0.15, -0.1) is 0 Å². The molecule has 0 amide bonds. The normalized spacial score (nSPS) is 12.0. The van der Waals surface area contributed by atoms with Crippen molar-refractivity contribution >= 4 is 11.9 Å². The molecule has 0 aromatic rings. The summed E-state index contributed by atoms with van der Waals surface area (Å²) in [6.45, 7) is 10.5. The number of rotatable bonds is 8. The van der Waals surface area contributed by atoms with E-state index in [0.717, 1.165) is 0 Å². The van der Waals surface area contributed by atoms with Gasteiger partial charge in [0.15, 0.2) is 11.9 Å². The summed E-state index contributed by atoms with van der Waals surface area (Å²) in [5, 5.41) is 19.9. The summed E-state index contributed by atoms with van der Waals surface area (Å²) in [4.78, 5) is 0. The van der Waals surface area contributed by atoms with Crippen LogP contribution in [0.15, 0.2) is 0 Å². The van der Waals surface area contributed by atoms with Gasteiger partial charge in [-0.1, -0.05) is 27.7 Å². The van der Waals surface area contributed by atoms with E-state index in [2.05, 4.69) is 10.6 Å². The number of ether oxygens (including phenoxy) is 1. The second kappa shape index (κ2) is 7.18. The number of hydrogen-bond acceptors (Lipinski definition) is 3. The second-order valence-electron chi connectivity index (χ2n) is 6.36. The lowest BCUT2D eigenvalue weighted by atomic mass is 9.93. The zero-order valence-corrected chi connectivity index (χ0v) is 12.4. The summed E-state index contributed by atoms with van der Waals surface area (Å²) in [6, 6.07) is 0. The molecule has 0 aliphatic rings. The molecule has 0 saturated carbocycles. The van der Waals surface area contributed by atoms with Gasteiger partial charge in [0.2, 0.25) is 0 Å². The highest BCUT2D eigenvalue weighted by atomic mass is 16.5. The quantitative estimate of drug-likeness (QED) is 0.274. The molecule has 0 atom stereocenters. The molecule has 7 heteroatoms. The zero-order valence-electron chi connectivity index (χ0n) is 12.4. The monoisotopic (exact) mass is 272 g/mol. The minimum atomic E-state index is -0.101. The van der Waals surface area contributed by atoms with Crippen molar-refractivity contribution in [2.24, 2.45) is 22.3 Å². The summed E-state index contributed by atoms with van der Waals surface area (Å²) in [5.74, 6) is -0.0573. The maximum absolute atomic E-state index is 7.13. The van der Waals surface area contributed by atoms with Gasteiger partial charge < -0.3 is 26.8 Å². The molecule has 0 aliphatic carbocycles. The van der Waals surface area contributed by atoms with Crippen molar-refractivity contribution in [3.8, 4) is 0 Å².